The summed E-state index contributed by atoms with van der Waals surface area (Å²) in [7, 11) is 0. The van der Waals surface area contributed by atoms with Crippen LogP contribution in [0.3, 0.4) is 0 Å². The molecule has 0 saturated heterocycles. The summed E-state index contributed by atoms with van der Waals surface area (Å²) in [5.41, 5.74) is 1.77. The zero-order chi connectivity index (χ0) is 14.8. The van der Waals surface area contributed by atoms with E-state index in [4.69, 9.17) is 0 Å². The van der Waals surface area contributed by atoms with Gasteiger partial charge in [-0.2, -0.15) is 0 Å². The van der Waals surface area contributed by atoms with Crippen LogP contribution in [-0.2, 0) is 11.2 Å². The third-order valence-electron chi connectivity index (χ3n) is 5.45. The highest BCUT2D eigenvalue weighted by atomic mass is 16.3. The number of aliphatic hydroxyl groups excluding tert-OH is 1. The van der Waals surface area contributed by atoms with E-state index in [1.807, 2.05) is 6.07 Å². The molecule has 1 saturated carbocycles. The van der Waals surface area contributed by atoms with Crippen LogP contribution < -0.4 is 0 Å². The Balaban J connectivity index is 1.81. The van der Waals surface area contributed by atoms with Crippen molar-refractivity contribution < 1.29 is 20.1 Å². The van der Waals surface area contributed by atoms with Gasteiger partial charge in [0.2, 0.25) is 0 Å². The molecule has 1 fully saturated rings. The van der Waals surface area contributed by atoms with E-state index in [2.05, 4.69) is 0 Å². The van der Waals surface area contributed by atoms with Crippen LogP contribution in [0.2, 0.25) is 0 Å². The van der Waals surface area contributed by atoms with E-state index in [9.17, 15) is 20.1 Å². The molecule has 3 aliphatic rings. The van der Waals surface area contributed by atoms with Crippen LogP contribution in [0.25, 0.3) is 0 Å². The minimum absolute atomic E-state index is 0.0276. The highest BCUT2D eigenvalue weighted by Crippen LogP contribution is 2.55. The van der Waals surface area contributed by atoms with Crippen LogP contribution in [0.1, 0.15) is 42.7 Å². The highest BCUT2D eigenvalue weighted by Gasteiger charge is 2.53. The Morgan fingerprint density at radius 3 is 2.76 bits per heavy atom. The predicted molar refractivity (Wildman–Crippen MR) is 76.1 cm³/mol. The van der Waals surface area contributed by atoms with Crippen molar-refractivity contribution in [3.63, 3.8) is 0 Å². The topological polar surface area (TPSA) is 77.8 Å². The summed E-state index contributed by atoms with van der Waals surface area (Å²) in [5, 5.41) is 30.4. The number of rotatable bonds is 0. The van der Waals surface area contributed by atoms with E-state index in [0.717, 1.165) is 24.8 Å². The van der Waals surface area contributed by atoms with Crippen molar-refractivity contribution in [1.82, 2.24) is 0 Å². The second-order valence-corrected chi connectivity index (χ2v) is 6.57. The molecule has 0 spiro atoms. The van der Waals surface area contributed by atoms with Crippen LogP contribution >= 0.6 is 0 Å². The van der Waals surface area contributed by atoms with Gasteiger partial charge in [-0.25, -0.2) is 0 Å². The maximum Gasteiger partial charge on any atom is 0.200 e. The van der Waals surface area contributed by atoms with E-state index in [1.165, 1.54) is 5.56 Å². The lowest BCUT2D eigenvalue weighted by molar-refractivity contribution is -0.119. The number of aliphatic hydroxyl groups is 2. The van der Waals surface area contributed by atoms with Crippen LogP contribution in [0, 0.1) is 5.92 Å². The van der Waals surface area contributed by atoms with Gasteiger partial charge in [-0.1, -0.05) is 6.07 Å². The summed E-state index contributed by atoms with van der Waals surface area (Å²) in [6, 6.07) is 5.44. The lowest BCUT2D eigenvalue weighted by Crippen LogP contribution is -2.41. The van der Waals surface area contributed by atoms with Crippen molar-refractivity contribution in [2.24, 2.45) is 5.92 Å². The average Bonchev–Trinajstić information content (AvgIpc) is 2.68. The smallest absolute Gasteiger partial charge is 0.200 e. The summed E-state index contributed by atoms with van der Waals surface area (Å²) in [4.78, 5) is 11.8. The molecule has 0 radical (unpaired) electrons. The largest absolute Gasteiger partial charge is 0.508 e. The molecule has 110 valence electrons. The molecule has 0 unspecified atom stereocenters. The molecule has 4 nitrogen and oxygen atoms in total. The monoisotopic (exact) mass is 286 g/mol. The van der Waals surface area contributed by atoms with Crippen molar-refractivity contribution in [3.05, 3.63) is 40.7 Å². The Morgan fingerprint density at radius 1 is 1.14 bits per heavy atom. The maximum atomic E-state index is 11.8. The fourth-order valence-corrected chi connectivity index (χ4v) is 4.55. The van der Waals surface area contributed by atoms with Crippen LogP contribution in [0.4, 0.5) is 0 Å². The predicted octanol–water partition coefficient (Wildman–Crippen LogP) is 2.35. The van der Waals surface area contributed by atoms with Gasteiger partial charge >= 0.3 is 0 Å². The molecule has 0 aliphatic heterocycles. The van der Waals surface area contributed by atoms with Gasteiger partial charge in [0.05, 0.1) is 5.60 Å². The first kappa shape index (κ1) is 12.9. The quantitative estimate of drug-likeness (QED) is 0.684. The lowest BCUT2D eigenvalue weighted by Gasteiger charge is -2.44. The van der Waals surface area contributed by atoms with Gasteiger partial charge in [-0.05, 0) is 60.8 Å². The van der Waals surface area contributed by atoms with E-state index in [0.29, 0.717) is 12.0 Å². The molecule has 0 aromatic heterocycles. The molecule has 0 heterocycles. The maximum absolute atomic E-state index is 11.8. The number of allylic oxidation sites excluding steroid dienone is 1. The lowest BCUT2D eigenvalue weighted by atomic mass is 9.62. The van der Waals surface area contributed by atoms with Gasteiger partial charge in [0.25, 0.3) is 0 Å². The van der Waals surface area contributed by atoms with Gasteiger partial charge in [-0.15, -0.1) is 0 Å². The number of carbonyl (C=O) groups excluding carboxylic acids is 1. The van der Waals surface area contributed by atoms with Crippen molar-refractivity contribution in [2.45, 2.75) is 43.6 Å². The third kappa shape index (κ3) is 1.69. The van der Waals surface area contributed by atoms with Crippen LogP contribution in [0.5, 0.6) is 5.75 Å². The number of hydrogen-bond acceptors (Lipinski definition) is 4. The third-order valence-corrected chi connectivity index (χ3v) is 5.45. The number of carbonyl (C=O) groups is 1. The first-order valence-electron chi connectivity index (χ1n) is 7.50. The number of hydrogen-bond donors (Lipinski definition) is 3. The molecule has 0 bridgehead atoms. The summed E-state index contributed by atoms with van der Waals surface area (Å²) in [6.45, 7) is 0. The Hall–Kier alpha value is -1.81. The van der Waals surface area contributed by atoms with Crippen molar-refractivity contribution in [1.29, 1.82) is 0 Å². The zero-order valence-corrected chi connectivity index (χ0v) is 11.7. The van der Waals surface area contributed by atoms with Crippen LogP contribution in [0.15, 0.2) is 29.5 Å². The van der Waals surface area contributed by atoms with Gasteiger partial charge in [0, 0.05) is 12.0 Å². The number of benzene rings is 1. The van der Waals surface area contributed by atoms with Gasteiger partial charge in [-0.3, -0.25) is 4.79 Å². The van der Waals surface area contributed by atoms with Crippen molar-refractivity contribution in [3.8, 4) is 5.75 Å². The zero-order valence-electron chi connectivity index (χ0n) is 11.7. The fraction of sp³-hybridized carbons (Fsp3) is 0.471. The molecule has 3 N–H and O–H groups in total. The molecule has 4 rings (SSSR count). The summed E-state index contributed by atoms with van der Waals surface area (Å²) >= 11 is 0. The number of phenolic OH excluding ortho intramolecular Hbond substituents is 1. The molecular weight excluding hydrogens is 268 g/mol. The molecular formula is C17H18O4. The first-order valence-corrected chi connectivity index (χ1v) is 7.50. The molecule has 3 aliphatic carbocycles. The second kappa shape index (κ2) is 4.10. The Kier molecular flexibility index (Phi) is 2.52. The highest BCUT2D eigenvalue weighted by molar-refractivity contribution is 5.98. The molecule has 3 atom stereocenters. The molecule has 21 heavy (non-hydrogen) atoms. The average molecular weight is 286 g/mol. The summed E-state index contributed by atoms with van der Waals surface area (Å²) in [5.74, 6) is 0.00150. The number of ketones is 1. The molecule has 0 amide bonds. The minimum Gasteiger partial charge on any atom is -0.508 e. The molecule has 1 aromatic rings. The number of fused-ring (bicyclic) bond motifs is 5. The standard InChI is InChI=1S/C17H18O4/c18-10-2-4-11-9(7-10)1-3-13-12(11)5-6-17(21)8-14(19)16(20)15(13)17/h2,4,7,12-13,18,20-21H,1,3,5-6,8H2/t12-,13-,17+/m1/s1. The van der Waals surface area contributed by atoms with E-state index in [1.54, 1.807) is 12.1 Å². The van der Waals surface area contributed by atoms with Gasteiger partial charge in [0.1, 0.15) is 5.75 Å². The molecule has 1 aromatic carbocycles. The normalized spacial score (nSPS) is 34.4. The second-order valence-electron chi connectivity index (χ2n) is 6.57. The number of Topliss-reactive ketones (excluding diaryl/α,β-unsaturated/α-hetero) is 1. The molecule has 4 heteroatoms. The van der Waals surface area contributed by atoms with E-state index < -0.39 is 5.60 Å². The van der Waals surface area contributed by atoms with E-state index in [-0.39, 0.29) is 35.5 Å². The Labute approximate surface area is 122 Å². The van der Waals surface area contributed by atoms with E-state index >= 15 is 0 Å². The number of aromatic hydroxyl groups is 1. The number of phenols is 1. The van der Waals surface area contributed by atoms with Crippen LogP contribution in [-0.4, -0.2) is 26.7 Å². The van der Waals surface area contributed by atoms with Crippen molar-refractivity contribution >= 4 is 5.78 Å². The SMILES string of the molecule is O=C1C[C@@]2(O)CC[C@@H]3c4ccc(O)cc4CC[C@H]3C2=C1O. The first-order chi connectivity index (χ1) is 9.99. The van der Waals surface area contributed by atoms with Gasteiger partial charge < -0.3 is 15.3 Å². The summed E-state index contributed by atoms with van der Waals surface area (Å²) in [6.07, 6.45) is 2.95. The van der Waals surface area contributed by atoms with Gasteiger partial charge in [0.15, 0.2) is 11.5 Å². The van der Waals surface area contributed by atoms with Crippen molar-refractivity contribution in [2.75, 3.05) is 0 Å². The summed E-state index contributed by atoms with van der Waals surface area (Å²) < 4.78 is 0. The number of aryl methyl sites for hydroxylation is 1. The minimum atomic E-state index is -1.13. The Morgan fingerprint density at radius 2 is 1.95 bits per heavy atom. The Bertz CT molecular complexity index is 675. The fourth-order valence-electron chi connectivity index (χ4n) is 4.55.